The van der Waals surface area contributed by atoms with Gasteiger partial charge in [0.2, 0.25) is 12.3 Å². The molecule has 0 radical (unpaired) electrons. The second-order valence-electron chi connectivity index (χ2n) is 3.62. The van der Waals surface area contributed by atoms with E-state index in [9.17, 15) is 18.4 Å². The van der Waals surface area contributed by atoms with Crippen molar-refractivity contribution in [3.05, 3.63) is 0 Å². The van der Waals surface area contributed by atoms with E-state index in [1.54, 1.807) is 0 Å². The molecule has 1 saturated heterocycles. The first kappa shape index (κ1) is 11.9. The molecule has 0 saturated carbocycles. The molecule has 0 aromatic heterocycles. The number of carboxylic acid groups (broad SMARTS) is 1. The lowest BCUT2D eigenvalue weighted by Gasteiger charge is -2.15. The van der Waals surface area contributed by atoms with Crippen LogP contribution >= 0.6 is 0 Å². The lowest BCUT2D eigenvalue weighted by molar-refractivity contribution is -0.140. The molecule has 1 N–H and O–H groups in total. The van der Waals surface area contributed by atoms with E-state index in [0.717, 1.165) is 0 Å². The summed E-state index contributed by atoms with van der Waals surface area (Å²) in [5.74, 6) is -2.15. The van der Waals surface area contributed by atoms with E-state index in [1.165, 1.54) is 4.90 Å². The quantitative estimate of drug-likeness (QED) is 0.769. The first-order valence-corrected chi connectivity index (χ1v) is 4.78. The van der Waals surface area contributed by atoms with E-state index >= 15 is 0 Å². The van der Waals surface area contributed by atoms with Gasteiger partial charge in [0, 0.05) is 25.4 Å². The van der Waals surface area contributed by atoms with Crippen LogP contribution in [0.3, 0.4) is 0 Å². The summed E-state index contributed by atoms with van der Waals surface area (Å²) in [5, 5.41) is 8.35. The summed E-state index contributed by atoms with van der Waals surface area (Å²) < 4.78 is 24.5. The number of nitrogens with zero attached hydrogens (tertiary/aromatic N) is 1. The minimum atomic E-state index is -2.40. The Morgan fingerprint density at radius 2 is 2.07 bits per heavy atom. The van der Waals surface area contributed by atoms with E-state index in [1.807, 2.05) is 0 Å². The van der Waals surface area contributed by atoms with Crippen LogP contribution in [-0.2, 0) is 9.59 Å². The molecule has 1 amide bonds. The molecule has 4 nitrogen and oxygen atoms in total. The number of likely N-dealkylation sites (tertiary alicyclic amines) is 1. The summed E-state index contributed by atoms with van der Waals surface area (Å²) >= 11 is 0. The van der Waals surface area contributed by atoms with Crippen molar-refractivity contribution in [1.29, 1.82) is 0 Å². The van der Waals surface area contributed by atoms with Crippen molar-refractivity contribution in [2.75, 3.05) is 13.1 Å². The van der Waals surface area contributed by atoms with Crippen LogP contribution in [0.2, 0.25) is 0 Å². The maximum absolute atomic E-state index is 12.3. The van der Waals surface area contributed by atoms with Crippen LogP contribution in [0.4, 0.5) is 8.78 Å². The molecule has 0 bridgehead atoms. The van der Waals surface area contributed by atoms with Crippen molar-refractivity contribution >= 4 is 11.9 Å². The lowest BCUT2D eigenvalue weighted by atomic mass is 10.1. The van der Waals surface area contributed by atoms with E-state index in [4.69, 9.17) is 5.11 Å². The smallest absolute Gasteiger partial charge is 0.303 e. The predicted octanol–water partition coefficient (Wildman–Crippen LogP) is 0.965. The van der Waals surface area contributed by atoms with Crippen molar-refractivity contribution in [3.63, 3.8) is 0 Å². The third-order valence-electron chi connectivity index (χ3n) is 2.49. The first-order chi connectivity index (χ1) is 7.00. The van der Waals surface area contributed by atoms with Crippen LogP contribution < -0.4 is 0 Å². The zero-order valence-electron chi connectivity index (χ0n) is 8.16. The molecule has 1 atom stereocenters. The monoisotopic (exact) mass is 221 g/mol. The Labute approximate surface area is 85.9 Å². The van der Waals surface area contributed by atoms with Gasteiger partial charge < -0.3 is 10.0 Å². The molecule has 0 aromatic rings. The number of aliphatic carboxylic acids is 1. The van der Waals surface area contributed by atoms with E-state index in [0.29, 0.717) is 13.0 Å². The number of halogens is 2. The largest absolute Gasteiger partial charge is 0.481 e. The van der Waals surface area contributed by atoms with Crippen molar-refractivity contribution in [2.24, 2.45) is 5.92 Å². The van der Waals surface area contributed by atoms with Gasteiger partial charge in [0.05, 0.1) is 6.42 Å². The van der Waals surface area contributed by atoms with Crippen LogP contribution in [0, 0.1) is 5.92 Å². The molecule has 0 spiro atoms. The van der Waals surface area contributed by atoms with Gasteiger partial charge in [0.25, 0.3) is 0 Å². The van der Waals surface area contributed by atoms with Gasteiger partial charge in [0.1, 0.15) is 0 Å². The van der Waals surface area contributed by atoms with Gasteiger partial charge in [-0.1, -0.05) is 0 Å². The van der Waals surface area contributed by atoms with Crippen LogP contribution in [0.25, 0.3) is 0 Å². The van der Waals surface area contributed by atoms with Crippen LogP contribution in [0.5, 0.6) is 0 Å². The third-order valence-corrected chi connectivity index (χ3v) is 2.49. The minimum absolute atomic E-state index is 0.0517. The second-order valence-corrected chi connectivity index (χ2v) is 3.62. The molecular weight excluding hydrogens is 208 g/mol. The number of carboxylic acids is 1. The van der Waals surface area contributed by atoms with Crippen molar-refractivity contribution in [2.45, 2.75) is 25.7 Å². The van der Waals surface area contributed by atoms with Crippen molar-refractivity contribution in [3.8, 4) is 0 Å². The highest BCUT2D eigenvalue weighted by Gasteiger charge is 2.31. The number of hydrogen-bond donors (Lipinski definition) is 1. The average molecular weight is 221 g/mol. The molecule has 0 unspecified atom stereocenters. The lowest BCUT2D eigenvalue weighted by Crippen LogP contribution is -2.29. The summed E-state index contributed by atoms with van der Waals surface area (Å²) in [7, 11) is 0. The van der Waals surface area contributed by atoms with Crippen molar-refractivity contribution in [1.82, 2.24) is 4.90 Å². The Balaban J connectivity index is 2.33. The molecular formula is C9H13F2NO3. The number of hydrogen-bond acceptors (Lipinski definition) is 2. The van der Waals surface area contributed by atoms with Crippen LogP contribution in [0.15, 0.2) is 0 Å². The zero-order valence-corrected chi connectivity index (χ0v) is 8.16. The molecule has 6 heteroatoms. The number of amides is 1. The summed E-state index contributed by atoms with van der Waals surface area (Å²) in [4.78, 5) is 22.9. The van der Waals surface area contributed by atoms with Gasteiger partial charge in [-0.15, -0.1) is 0 Å². The molecule has 1 aliphatic heterocycles. The number of rotatable bonds is 4. The molecule has 0 aliphatic carbocycles. The SMILES string of the molecule is O=C(O)CCC(=O)N1CC[C@H](C(F)F)C1. The van der Waals surface area contributed by atoms with Gasteiger partial charge in [-0.05, 0) is 6.42 Å². The highest BCUT2D eigenvalue weighted by molar-refractivity contribution is 5.80. The summed E-state index contributed by atoms with van der Waals surface area (Å²) in [5.41, 5.74) is 0. The molecule has 86 valence electrons. The molecule has 0 aromatic carbocycles. The fourth-order valence-corrected chi connectivity index (χ4v) is 1.59. The van der Waals surface area contributed by atoms with Gasteiger partial charge in [-0.25, -0.2) is 8.78 Å². The van der Waals surface area contributed by atoms with Gasteiger partial charge >= 0.3 is 5.97 Å². The van der Waals surface area contributed by atoms with Gasteiger partial charge in [0.15, 0.2) is 0 Å². The Kier molecular flexibility index (Phi) is 3.99. The van der Waals surface area contributed by atoms with Crippen molar-refractivity contribution < 1.29 is 23.5 Å². The van der Waals surface area contributed by atoms with Gasteiger partial charge in [-0.3, -0.25) is 9.59 Å². The number of alkyl halides is 2. The minimum Gasteiger partial charge on any atom is -0.481 e. The maximum atomic E-state index is 12.3. The number of carbonyl (C=O) groups excluding carboxylic acids is 1. The summed E-state index contributed by atoms with van der Waals surface area (Å²) in [6.45, 7) is 0.365. The first-order valence-electron chi connectivity index (χ1n) is 4.78. The molecule has 15 heavy (non-hydrogen) atoms. The maximum Gasteiger partial charge on any atom is 0.303 e. The van der Waals surface area contributed by atoms with Crippen LogP contribution in [0.1, 0.15) is 19.3 Å². The van der Waals surface area contributed by atoms with Gasteiger partial charge in [-0.2, -0.15) is 0 Å². The predicted molar refractivity (Wildman–Crippen MR) is 47.6 cm³/mol. The van der Waals surface area contributed by atoms with E-state index < -0.39 is 18.3 Å². The Morgan fingerprint density at radius 3 is 2.53 bits per heavy atom. The summed E-state index contributed by atoms with van der Waals surface area (Å²) in [6, 6.07) is 0. The fraction of sp³-hybridized carbons (Fsp3) is 0.778. The zero-order chi connectivity index (χ0) is 11.4. The summed E-state index contributed by atoms with van der Waals surface area (Å²) in [6.07, 6.45) is -2.45. The molecule has 1 heterocycles. The van der Waals surface area contributed by atoms with E-state index in [2.05, 4.69) is 0 Å². The average Bonchev–Trinajstić information content (AvgIpc) is 2.62. The standard InChI is InChI=1S/C9H13F2NO3/c10-9(11)6-3-4-12(5-6)7(13)1-2-8(14)15/h6,9H,1-5H2,(H,14,15)/t6-/m0/s1. The highest BCUT2D eigenvalue weighted by Crippen LogP contribution is 2.23. The topological polar surface area (TPSA) is 57.6 Å². The Morgan fingerprint density at radius 1 is 1.40 bits per heavy atom. The van der Waals surface area contributed by atoms with E-state index in [-0.39, 0.29) is 25.3 Å². The fourth-order valence-electron chi connectivity index (χ4n) is 1.59. The normalized spacial score (nSPS) is 21.0. The Hall–Kier alpha value is -1.20. The highest BCUT2D eigenvalue weighted by atomic mass is 19.3. The molecule has 1 rings (SSSR count). The van der Waals surface area contributed by atoms with Crippen LogP contribution in [-0.4, -0.2) is 41.4 Å². The molecule has 1 fully saturated rings. The number of carbonyl (C=O) groups is 2. The second kappa shape index (κ2) is 5.04. The Bertz CT molecular complexity index is 258. The molecule has 1 aliphatic rings. The third kappa shape index (κ3) is 3.45.